The summed E-state index contributed by atoms with van der Waals surface area (Å²) in [5.74, 6) is 1.86. The molecule has 0 N–H and O–H groups in total. The molecular formula is C33H33NO3. The van der Waals surface area contributed by atoms with Crippen LogP contribution >= 0.6 is 0 Å². The summed E-state index contributed by atoms with van der Waals surface area (Å²) in [5.41, 5.74) is 4.71. The number of piperidine rings is 1. The molecule has 4 aromatic carbocycles. The first-order chi connectivity index (χ1) is 18.2. The summed E-state index contributed by atoms with van der Waals surface area (Å²) in [4.78, 5) is 16.0. The molecule has 4 heteroatoms. The average Bonchev–Trinajstić information content (AvgIpc) is 2.97. The Balaban J connectivity index is 1.54. The van der Waals surface area contributed by atoms with Gasteiger partial charge in [0.25, 0.3) is 0 Å². The van der Waals surface area contributed by atoms with Crippen molar-refractivity contribution in [2.75, 3.05) is 27.3 Å². The summed E-state index contributed by atoms with van der Waals surface area (Å²) in [5, 5.41) is 0. The van der Waals surface area contributed by atoms with Gasteiger partial charge in [-0.3, -0.25) is 9.69 Å². The van der Waals surface area contributed by atoms with Crippen molar-refractivity contribution >= 4 is 5.78 Å². The van der Waals surface area contributed by atoms with Crippen LogP contribution in [0.5, 0.6) is 11.5 Å². The standard InChI is InChI=1S/C33H33NO3/c1-36-28-17-13-26(14-18-28)33(27-15-19-29(37-2)20-16-27)34-22-21-31(35)30(23-34)32(24-9-5-3-6-10-24)25-11-7-4-8-12-25/h3-20,30,32-33H,21-23H2,1-2H3. The van der Waals surface area contributed by atoms with E-state index in [-0.39, 0.29) is 17.9 Å². The molecule has 0 spiro atoms. The van der Waals surface area contributed by atoms with Gasteiger partial charge in [-0.1, -0.05) is 84.9 Å². The van der Waals surface area contributed by atoms with Gasteiger partial charge in [0.2, 0.25) is 0 Å². The van der Waals surface area contributed by atoms with Crippen LogP contribution in [-0.4, -0.2) is 38.0 Å². The van der Waals surface area contributed by atoms with Gasteiger partial charge in [0.1, 0.15) is 17.3 Å². The number of benzene rings is 4. The zero-order valence-corrected chi connectivity index (χ0v) is 21.4. The fourth-order valence-electron chi connectivity index (χ4n) is 5.58. The lowest BCUT2D eigenvalue weighted by atomic mass is 9.75. The third-order valence-electron chi connectivity index (χ3n) is 7.44. The molecule has 0 radical (unpaired) electrons. The number of nitrogens with zero attached hydrogens (tertiary/aromatic N) is 1. The Labute approximate surface area is 219 Å². The molecular weight excluding hydrogens is 458 g/mol. The third kappa shape index (κ3) is 5.45. The van der Waals surface area contributed by atoms with E-state index in [0.29, 0.717) is 25.3 Å². The van der Waals surface area contributed by atoms with Crippen LogP contribution in [0.1, 0.15) is 40.6 Å². The van der Waals surface area contributed by atoms with Crippen LogP contribution in [0.3, 0.4) is 0 Å². The Morgan fingerprint density at radius 1 is 0.649 bits per heavy atom. The smallest absolute Gasteiger partial charge is 0.139 e. The summed E-state index contributed by atoms with van der Waals surface area (Å²) in [7, 11) is 3.37. The van der Waals surface area contributed by atoms with Gasteiger partial charge in [0, 0.05) is 31.3 Å². The second kappa shape index (κ2) is 11.4. The molecule has 1 atom stereocenters. The molecule has 0 aliphatic carbocycles. The molecule has 1 fully saturated rings. The van der Waals surface area contributed by atoms with E-state index >= 15 is 0 Å². The SMILES string of the molecule is COc1ccc(C(c2ccc(OC)cc2)N2CCC(=O)C(C(c3ccccc3)c3ccccc3)C2)cc1. The van der Waals surface area contributed by atoms with Gasteiger partial charge in [0.05, 0.1) is 20.3 Å². The third-order valence-corrected chi connectivity index (χ3v) is 7.44. The first-order valence-corrected chi connectivity index (χ1v) is 12.8. The Hall–Kier alpha value is -3.89. The molecule has 1 aliphatic rings. The fraction of sp³-hybridized carbons (Fsp3) is 0.242. The number of carbonyl (C=O) groups excluding carboxylic acids is 1. The van der Waals surface area contributed by atoms with E-state index in [2.05, 4.69) is 77.7 Å². The van der Waals surface area contributed by atoms with Gasteiger partial charge >= 0.3 is 0 Å². The van der Waals surface area contributed by atoms with Crippen molar-refractivity contribution in [1.82, 2.24) is 4.90 Å². The maximum absolute atomic E-state index is 13.5. The van der Waals surface area contributed by atoms with E-state index in [1.54, 1.807) is 14.2 Å². The maximum atomic E-state index is 13.5. The summed E-state index contributed by atoms with van der Waals surface area (Å²) >= 11 is 0. The highest BCUT2D eigenvalue weighted by Gasteiger charge is 2.38. The van der Waals surface area contributed by atoms with E-state index in [0.717, 1.165) is 11.5 Å². The second-order valence-corrected chi connectivity index (χ2v) is 9.57. The lowest BCUT2D eigenvalue weighted by Crippen LogP contribution is -2.45. The van der Waals surface area contributed by atoms with Crippen molar-refractivity contribution < 1.29 is 14.3 Å². The zero-order chi connectivity index (χ0) is 25.6. The van der Waals surface area contributed by atoms with Crippen LogP contribution in [-0.2, 0) is 4.79 Å². The molecule has 1 aliphatic heterocycles. The van der Waals surface area contributed by atoms with Gasteiger partial charge in [0.15, 0.2) is 0 Å². The lowest BCUT2D eigenvalue weighted by Gasteiger charge is -2.41. The molecule has 0 saturated carbocycles. The number of ether oxygens (including phenoxy) is 2. The molecule has 1 unspecified atom stereocenters. The molecule has 4 nitrogen and oxygen atoms in total. The quantitative estimate of drug-likeness (QED) is 0.281. The topological polar surface area (TPSA) is 38.8 Å². The van der Waals surface area contributed by atoms with Gasteiger partial charge in [-0.05, 0) is 46.5 Å². The number of rotatable bonds is 8. The molecule has 5 rings (SSSR count). The van der Waals surface area contributed by atoms with Gasteiger partial charge in [-0.15, -0.1) is 0 Å². The predicted molar refractivity (Wildman–Crippen MR) is 147 cm³/mol. The monoisotopic (exact) mass is 491 g/mol. The van der Waals surface area contributed by atoms with Crippen molar-refractivity contribution in [3.8, 4) is 11.5 Å². The average molecular weight is 492 g/mol. The first-order valence-electron chi connectivity index (χ1n) is 12.8. The van der Waals surface area contributed by atoms with E-state index in [1.807, 2.05) is 36.4 Å². The van der Waals surface area contributed by atoms with E-state index in [1.165, 1.54) is 22.3 Å². The van der Waals surface area contributed by atoms with Crippen molar-refractivity contribution in [3.05, 3.63) is 131 Å². The molecule has 1 saturated heterocycles. The molecule has 37 heavy (non-hydrogen) atoms. The summed E-state index contributed by atoms with van der Waals surface area (Å²) in [6.45, 7) is 1.39. The van der Waals surface area contributed by atoms with Crippen molar-refractivity contribution in [2.24, 2.45) is 5.92 Å². The zero-order valence-electron chi connectivity index (χ0n) is 21.4. The Morgan fingerprint density at radius 2 is 1.11 bits per heavy atom. The number of likely N-dealkylation sites (tertiary alicyclic amines) is 1. The van der Waals surface area contributed by atoms with Crippen LogP contribution < -0.4 is 9.47 Å². The highest BCUT2D eigenvalue weighted by atomic mass is 16.5. The Bertz CT molecular complexity index is 1200. The minimum absolute atomic E-state index is 0.00471. The Morgan fingerprint density at radius 3 is 1.54 bits per heavy atom. The van der Waals surface area contributed by atoms with Crippen LogP contribution in [0.15, 0.2) is 109 Å². The van der Waals surface area contributed by atoms with Crippen molar-refractivity contribution in [1.29, 1.82) is 0 Å². The minimum Gasteiger partial charge on any atom is -0.497 e. The van der Waals surface area contributed by atoms with Crippen LogP contribution in [0.2, 0.25) is 0 Å². The summed E-state index contributed by atoms with van der Waals surface area (Å²) in [6, 6.07) is 37.5. The van der Waals surface area contributed by atoms with E-state index in [9.17, 15) is 4.79 Å². The summed E-state index contributed by atoms with van der Waals surface area (Å²) in [6.07, 6.45) is 0.531. The van der Waals surface area contributed by atoms with Crippen molar-refractivity contribution in [3.63, 3.8) is 0 Å². The van der Waals surface area contributed by atoms with Crippen LogP contribution in [0.25, 0.3) is 0 Å². The molecule has 188 valence electrons. The first kappa shape index (κ1) is 24.8. The van der Waals surface area contributed by atoms with E-state index < -0.39 is 0 Å². The number of ketones is 1. The molecule has 1 heterocycles. The van der Waals surface area contributed by atoms with Gasteiger partial charge in [-0.2, -0.15) is 0 Å². The fourth-order valence-corrected chi connectivity index (χ4v) is 5.58. The largest absolute Gasteiger partial charge is 0.497 e. The van der Waals surface area contributed by atoms with Crippen LogP contribution in [0.4, 0.5) is 0 Å². The number of methoxy groups -OCH3 is 2. The molecule has 0 amide bonds. The number of hydrogen-bond donors (Lipinski definition) is 0. The summed E-state index contributed by atoms with van der Waals surface area (Å²) < 4.78 is 10.8. The Kier molecular flexibility index (Phi) is 7.67. The molecule has 0 bridgehead atoms. The van der Waals surface area contributed by atoms with Gasteiger partial charge in [-0.25, -0.2) is 0 Å². The number of carbonyl (C=O) groups is 1. The number of Topliss-reactive ketones (excluding diaryl/α,β-unsaturated/α-hetero) is 1. The lowest BCUT2D eigenvalue weighted by molar-refractivity contribution is -0.127. The maximum Gasteiger partial charge on any atom is 0.139 e. The van der Waals surface area contributed by atoms with E-state index in [4.69, 9.17) is 9.47 Å². The predicted octanol–water partition coefficient (Wildman–Crippen LogP) is 6.52. The van der Waals surface area contributed by atoms with Gasteiger partial charge < -0.3 is 9.47 Å². The second-order valence-electron chi connectivity index (χ2n) is 9.57. The molecule has 0 aromatic heterocycles. The highest BCUT2D eigenvalue weighted by molar-refractivity contribution is 5.84. The number of hydrogen-bond acceptors (Lipinski definition) is 4. The van der Waals surface area contributed by atoms with Crippen molar-refractivity contribution in [2.45, 2.75) is 18.4 Å². The highest BCUT2D eigenvalue weighted by Crippen LogP contribution is 2.39. The normalized spacial score (nSPS) is 16.2. The van der Waals surface area contributed by atoms with Crippen LogP contribution in [0, 0.1) is 5.92 Å². The minimum atomic E-state index is -0.141. The molecule has 4 aromatic rings.